The van der Waals surface area contributed by atoms with Crippen LogP contribution in [0.3, 0.4) is 0 Å². The molecule has 1 fully saturated rings. The first-order valence-corrected chi connectivity index (χ1v) is 9.98. The fourth-order valence-corrected chi connectivity index (χ4v) is 3.20. The van der Waals surface area contributed by atoms with Gasteiger partial charge < -0.3 is 19.9 Å². The van der Waals surface area contributed by atoms with Crippen LogP contribution < -0.4 is 15.1 Å². The molecule has 1 saturated heterocycles. The molecule has 0 unspecified atom stereocenters. The highest BCUT2D eigenvalue weighted by molar-refractivity contribution is 5.97. The fraction of sp³-hybridized carbons (Fsp3) is 0.364. The van der Waals surface area contributed by atoms with Crippen molar-refractivity contribution in [1.82, 2.24) is 4.98 Å². The Kier molecular flexibility index (Phi) is 7.75. The maximum atomic E-state index is 12.6. The van der Waals surface area contributed by atoms with Gasteiger partial charge in [0.25, 0.3) is 0 Å². The van der Waals surface area contributed by atoms with Gasteiger partial charge in [0, 0.05) is 38.2 Å². The van der Waals surface area contributed by atoms with Gasteiger partial charge in [-0.25, -0.2) is 4.98 Å². The van der Waals surface area contributed by atoms with Crippen molar-refractivity contribution < 1.29 is 14.3 Å². The van der Waals surface area contributed by atoms with Gasteiger partial charge in [0.15, 0.2) is 0 Å². The molecule has 0 atom stereocenters. The van der Waals surface area contributed by atoms with Gasteiger partial charge in [-0.1, -0.05) is 18.2 Å². The van der Waals surface area contributed by atoms with Crippen LogP contribution in [0.15, 0.2) is 48.7 Å². The normalized spacial score (nSPS) is 13.4. The summed E-state index contributed by atoms with van der Waals surface area (Å²) in [6.07, 6.45) is 2.05. The minimum absolute atomic E-state index is 0.0433. The van der Waals surface area contributed by atoms with E-state index in [1.165, 1.54) is 0 Å². The van der Waals surface area contributed by atoms with E-state index in [1.807, 2.05) is 36.4 Å². The Morgan fingerprint density at radius 1 is 1.13 bits per heavy atom. The topological polar surface area (TPSA) is 98.6 Å². The van der Waals surface area contributed by atoms with E-state index in [-0.39, 0.29) is 31.1 Å². The lowest BCUT2D eigenvalue weighted by Crippen LogP contribution is -2.36. The van der Waals surface area contributed by atoms with E-state index in [4.69, 9.17) is 10.00 Å². The number of nitriles is 1. The number of benzene rings is 1. The van der Waals surface area contributed by atoms with Crippen molar-refractivity contribution in [2.45, 2.75) is 19.3 Å². The second-order valence-corrected chi connectivity index (χ2v) is 6.84. The summed E-state index contributed by atoms with van der Waals surface area (Å²) in [5, 5.41) is 11.6. The number of ether oxygens (including phenoxy) is 1. The number of carbonyl (C=O) groups is 2. The Balaban J connectivity index is 1.51. The number of morpholine rings is 1. The number of nitrogens with zero attached hydrogens (tertiary/aromatic N) is 4. The highest BCUT2D eigenvalue weighted by atomic mass is 16.5. The summed E-state index contributed by atoms with van der Waals surface area (Å²) >= 11 is 0. The van der Waals surface area contributed by atoms with Crippen LogP contribution in [0.2, 0.25) is 0 Å². The van der Waals surface area contributed by atoms with Crippen molar-refractivity contribution >= 4 is 29.0 Å². The third-order valence-electron chi connectivity index (χ3n) is 4.77. The molecule has 30 heavy (non-hydrogen) atoms. The average Bonchev–Trinajstić information content (AvgIpc) is 2.80. The molecule has 0 aliphatic carbocycles. The molecule has 1 aromatic heterocycles. The first-order valence-electron chi connectivity index (χ1n) is 9.98. The van der Waals surface area contributed by atoms with Crippen LogP contribution in [-0.2, 0) is 14.3 Å². The summed E-state index contributed by atoms with van der Waals surface area (Å²) in [5.74, 6) is -0.0145. The van der Waals surface area contributed by atoms with E-state index < -0.39 is 0 Å². The van der Waals surface area contributed by atoms with E-state index in [2.05, 4.69) is 21.3 Å². The molecular formula is C22H25N5O3. The molecule has 2 heterocycles. The molecule has 0 saturated carbocycles. The summed E-state index contributed by atoms with van der Waals surface area (Å²) in [6.45, 7) is 3.33. The molecule has 3 rings (SSSR count). The SMILES string of the molecule is N#CCCN(C(=O)CCC(=O)Nc1ccc(N2CCOCC2)cn1)c1ccccc1. The highest BCUT2D eigenvalue weighted by Crippen LogP contribution is 2.18. The van der Waals surface area contributed by atoms with Crippen LogP contribution in [0.25, 0.3) is 0 Å². The molecule has 1 aromatic carbocycles. The standard InChI is InChI=1S/C22H25N5O3/c23-11-4-12-27(18-5-2-1-3-6-18)22(29)10-9-21(28)25-20-8-7-19(17-24-20)26-13-15-30-16-14-26/h1-3,5-8,17H,4,9-10,12-16H2,(H,24,25,28). The molecule has 1 aliphatic heterocycles. The van der Waals surface area contributed by atoms with Gasteiger partial charge in [-0.3, -0.25) is 9.59 Å². The predicted molar refractivity (Wildman–Crippen MR) is 114 cm³/mol. The van der Waals surface area contributed by atoms with Crippen molar-refractivity contribution in [3.8, 4) is 6.07 Å². The minimum atomic E-state index is -0.275. The summed E-state index contributed by atoms with van der Waals surface area (Å²) in [4.78, 5) is 32.9. The summed E-state index contributed by atoms with van der Waals surface area (Å²) in [5.41, 5.74) is 1.71. The number of anilines is 3. The van der Waals surface area contributed by atoms with Gasteiger partial charge in [-0.15, -0.1) is 0 Å². The monoisotopic (exact) mass is 407 g/mol. The van der Waals surface area contributed by atoms with Gasteiger partial charge in [0.2, 0.25) is 11.8 Å². The third kappa shape index (κ3) is 6.03. The van der Waals surface area contributed by atoms with Gasteiger partial charge >= 0.3 is 0 Å². The van der Waals surface area contributed by atoms with Crippen molar-refractivity contribution in [2.75, 3.05) is 48.0 Å². The Bertz CT molecular complexity index is 874. The smallest absolute Gasteiger partial charge is 0.227 e. The molecule has 1 aliphatic rings. The summed E-state index contributed by atoms with van der Waals surface area (Å²) in [7, 11) is 0. The van der Waals surface area contributed by atoms with Gasteiger partial charge in [-0.05, 0) is 24.3 Å². The quantitative estimate of drug-likeness (QED) is 0.722. The molecule has 156 valence electrons. The summed E-state index contributed by atoms with van der Waals surface area (Å²) in [6, 6.07) is 14.9. The Hall–Kier alpha value is -3.44. The third-order valence-corrected chi connectivity index (χ3v) is 4.77. The van der Waals surface area contributed by atoms with Gasteiger partial charge in [0.1, 0.15) is 5.82 Å². The van der Waals surface area contributed by atoms with Crippen molar-refractivity contribution in [1.29, 1.82) is 5.26 Å². The molecule has 2 aromatic rings. The average molecular weight is 407 g/mol. The number of carbonyl (C=O) groups excluding carboxylic acids is 2. The molecular weight excluding hydrogens is 382 g/mol. The van der Waals surface area contributed by atoms with Crippen LogP contribution in [-0.4, -0.2) is 49.6 Å². The maximum Gasteiger partial charge on any atom is 0.227 e. The van der Waals surface area contributed by atoms with Crippen molar-refractivity contribution in [2.24, 2.45) is 0 Å². The van der Waals surface area contributed by atoms with E-state index in [0.717, 1.165) is 24.5 Å². The molecule has 8 heteroatoms. The van der Waals surface area contributed by atoms with E-state index in [1.54, 1.807) is 17.2 Å². The van der Waals surface area contributed by atoms with Crippen LogP contribution in [0.1, 0.15) is 19.3 Å². The minimum Gasteiger partial charge on any atom is -0.378 e. The lowest BCUT2D eigenvalue weighted by Gasteiger charge is -2.28. The first-order chi connectivity index (χ1) is 14.7. The molecule has 2 amide bonds. The number of pyridine rings is 1. The lowest BCUT2D eigenvalue weighted by molar-refractivity contribution is -0.122. The van der Waals surface area contributed by atoms with Gasteiger partial charge in [0.05, 0.1) is 37.6 Å². The zero-order valence-electron chi connectivity index (χ0n) is 16.8. The van der Waals surface area contributed by atoms with E-state index >= 15 is 0 Å². The van der Waals surface area contributed by atoms with E-state index in [0.29, 0.717) is 25.6 Å². The van der Waals surface area contributed by atoms with Crippen molar-refractivity contribution in [3.63, 3.8) is 0 Å². The lowest BCUT2D eigenvalue weighted by atomic mass is 10.2. The second kappa shape index (κ2) is 10.9. The number of nitrogens with one attached hydrogen (secondary N) is 1. The van der Waals surface area contributed by atoms with Crippen LogP contribution in [0, 0.1) is 11.3 Å². The number of aromatic nitrogens is 1. The number of hydrogen-bond donors (Lipinski definition) is 1. The number of hydrogen-bond acceptors (Lipinski definition) is 6. The maximum absolute atomic E-state index is 12.6. The molecule has 0 radical (unpaired) electrons. The van der Waals surface area contributed by atoms with Gasteiger partial charge in [-0.2, -0.15) is 5.26 Å². The molecule has 0 bridgehead atoms. The number of para-hydroxylation sites is 1. The Morgan fingerprint density at radius 3 is 2.57 bits per heavy atom. The second-order valence-electron chi connectivity index (χ2n) is 6.84. The molecule has 8 nitrogen and oxygen atoms in total. The predicted octanol–water partition coefficient (Wildman–Crippen LogP) is 2.58. The Morgan fingerprint density at radius 2 is 1.90 bits per heavy atom. The van der Waals surface area contributed by atoms with Crippen LogP contribution in [0.4, 0.5) is 17.2 Å². The van der Waals surface area contributed by atoms with Crippen LogP contribution >= 0.6 is 0 Å². The largest absolute Gasteiger partial charge is 0.378 e. The molecule has 0 spiro atoms. The van der Waals surface area contributed by atoms with Crippen LogP contribution in [0.5, 0.6) is 0 Å². The first kappa shape index (κ1) is 21.3. The number of rotatable bonds is 8. The molecule has 1 N–H and O–H groups in total. The highest BCUT2D eigenvalue weighted by Gasteiger charge is 2.17. The zero-order chi connectivity index (χ0) is 21.2. The van der Waals surface area contributed by atoms with E-state index in [9.17, 15) is 9.59 Å². The zero-order valence-corrected chi connectivity index (χ0v) is 16.8. The fourth-order valence-electron chi connectivity index (χ4n) is 3.20. The van der Waals surface area contributed by atoms with Crippen molar-refractivity contribution in [3.05, 3.63) is 48.7 Å². The summed E-state index contributed by atoms with van der Waals surface area (Å²) < 4.78 is 5.34. The number of amides is 2. The Labute approximate surface area is 176 Å².